The lowest BCUT2D eigenvalue weighted by Gasteiger charge is -2.34. The number of para-hydroxylation sites is 2. The standard InChI is InChI=1S/C31H28FN3O6S/c1-21-17-25(42(38,39)34-24-13-11-23(32)12-14-24)15-16-27(21)40-20-30(36)35-19-29(41-28-10-6-5-9-26(28)35)31(37)33-18-22-7-3-2-4-8-22/h2-17,29,34H,18-20H2,1H3,(H,33,37)/t29-/m1/s1. The van der Waals surface area contributed by atoms with Crippen LogP contribution in [0.15, 0.2) is 102 Å². The van der Waals surface area contributed by atoms with Gasteiger partial charge in [-0.1, -0.05) is 42.5 Å². The van der Waals surface area contributed by atoms with Gasteiger partial charge in [-0.25, -0.2) is 12.8 Å². The zero-order valence-corrected chi connectivity index (χ0v) is 23.4. The highest BCUT2D eigenvalue weighted by Crippen LogP contribution is 2.33. The maximum absolute atomic E-state index is 13.3. The second kappa shape index (κ2) is 12.3. The van der Waals surface area contributed by atoms with E-state index in [0.717, 1.165) is 17.7 Å². The molecule has 0 aromatic heterocycles. The van der Waals surface area contributed by atoms with Crippen molar-refractivity contribution in [2.75, 3.05) is 22.8 Å². The molecule has 0 bridgehead atoms. The fourth-order valence-corrected chi connectivity index (χ4v) is 5.55. The van der Waals surface area contributed by atoms with Crippen LogP contribution in [0.4, 0.5) is 15.8 Å². The van der Waals surface area contributed by atoms with E-state index in [-0.39, 0.29) is 29.6 Å². The van der Waals surface area contributed by atoms with E-state index in [1.807, 2.05) is 30.3 Å². The van der Waals surface area contributed by atoms with Gasteiger partial charge in [0.1, 0.15) is 17.3 Å². The summed E-state index contributed by atoms with van der Waals surface area (Å²) in [5.41, 5.74) is 2.16. The first-order valence-corrected chi connectivity index (χ1v) is 14.6. The van der Waals surface area contributed by atoms with Crippen molar-refractivity contribution in [1.82, 2.24) is 5.32 Å². The number of nitrogens with zero attached hydrogens (tertiary/aromatic N) is 1. The molecule has 5 rings (SSSR count). The highest BCUT2D eigenvalue weighted by atomic mass is 32.2. The topological polar surface area (TPSA) is 114 Å². The van der Waals surface area contributed by atoms with Crippen molar-refractivity contribution >= 4 is 33.2 Å². The molecule has 0 aliphatic carbocycles. The van der Waals surface area contributed by atoms with Gasteiger partial charge in [-0.15, -0.1) is 0 Å². The maximum atomic E-state index is 13.3. The minimum absolute atomic E-state index is 0.00888. The van der Waals surface area contributed by atoms with Crippen molar-refractivity contribution in [1.29, 1.82) is 0 Å². The van der Waals surface area contributed by atoms with Crippen LogP contribution in [0.3, 0.4) is 0 Å². The highest BCUT2D eigenvalue weighted by molar-refractivity contribution is 7.92. The summed E-state index contributed by atoms with van der Waals surface area (Å²) in [6.07, 6.45) is -0.924. The molecule has 42 heavy (non-hydrogen) atoms. The number of rotatable bonds is 9. The van der Waals surface area contributed by atoms with Crippen molar-refractivity contribution in [3.05, 3.63) is 114 Å². The smallest absolute Gasteiger partial charge is 0.265 e. The third-order valence-corrected chi connectivity index (χ3v) is 7.96. The van der Waals surface area contributed by atoms with Gasteiger partial charge in [0, 0.05) is 12.2 Å². The number of hydrogen-bond donors (Lipinski definition) is 2. The van der Waals surface area contributed by atoms with Crippen molar-refractivity contribution in [3.8, 4) is 11.5 Å². The van der Waals surface area contributed by atoms with E-state index in [0.29, 0.717) is 29.3 Å². The van der Waals surface area contributed by atoms with Gasteiger partial charge >= 0.3 is 0 Å². The van der Waals surface area contributed by atoms with Crippen LogP contribution in [0.25, 0.3) is 0 Å². The van der Waals surface area contributed by atoms with Crippen LogP contribution < -0.4 is 24.4 Å². The molecule has 4 aromatic rings. The minimum atomic E-state index is -3.94. The normalized spacial score (nSPS) is 14.3. The largest absolute Gasteiger partial charge is 0.483 e. The lowest BCUT2D eigenvalue weighted by molar-refractivity contribution is -0.128. The lowest BCUT2D eigenvalue weighted by atomic mass is 10.1. The molecule has 0 fully saturated rings. The molecule has 4 aromatic carbocycles. The summed E-state index contributed by atoms with van der Waals surface area (Å²) in [6.45, 7) is 1.62. The number of fused-ring (bicyclic) bond motifs is 1. The molecule has 11 heteroatoms. The number of amides is 2. The third kappa shape index (κ3) is 6.69. The van der Waals surface area contributed by atoms with E-state index < -0.39 is 27.9 Å². The summed E-state index contributed by atoms with van der Waals surface area (Å²) in [5.74, 6) is -0.513. The zero-order chi connectivity index (χ0) is 29.7. The number of benzene rings is 4. The zero-order valence-electron chi connectivity index (χ0n) is 22.6. The van der Waals surface area contributed by atoms with Crippen molar-refractivity contribution < 1.29 is 31.9 Å². The summed E-state index contributed by atoms with van der Waals surface area (Å²) in [7, 11) is -3.94. The Hall–Kier alpha value is -4.90. The molecule has 2 N–H and O–H groups in total. The van der Waals surface area contributed by atoms with Gasteiger partial charge in [0.25, 0.3) is 21.8 Å². The van der Waals surface area contributed by atoms with Gasteiger partial charge in [0.05, 0.1) is 17.1 Å². The molecular weight excluding hydrogens is 561 g/mol. The van der Waals surface area contributed by atoms with Gasteiger partial charge in [0.15, 0.2) is 12.7 Å². The predicted molar refractivity (Wildman–Crippen MR) is 155 cm³/mol. The van der Waals surface area contributed by atoms with Gasteiger partial charge in [-0.3, -0.25) is 14.3 Å². The number of nitrogens with one attached hydrogen (secondary N) is 2. The highest BCUT2D eigenvalue weighted by Gasteiger charge is 2.34. The van der Waals surface area contributed by atoms with Crippen LogP contribution in [0.5, 0.6) is 11.5 Å². The molecule has 0 unspecified atom stereocenters. The average Bonchev–Trinajstić information content (AvgIpc) is 3.00. The predicted octanol–water partition coefficient (Wildman–Crippen LogP) is 4.42. The fourth-order valence-electron chi connectivity index (χ4n) is 4.41. The number of sulfonamides is 1. The van der Waals surface area contributed by atoms with Gasteiger partial charge in [-0.2, -0.15) is 0 Å². The Morgan fingerprint density at radius 1 is 0.976 bits per heavy atom. The SMILES string of the molecule is Cc1cc(S(=O)(=O)Nc2ccc(F)cc2)ccc1OCC(=O)N1C[C@H](C(=O)NCc2ccccc2)Oc2ccccc21. The Kier molecular flexibility index (Phi) is 8.39. The molecule has 0 saturated heterocycles. The molecule has 2 amide bonds. The second-order valence-corrected chi connectivity index (χ2v) is 11.3. The first kappa shape index (κ1) is 28.6. The Morgan fingerprint density at radius 2 is 1.69 bits per heavy atom. The van der Waals surface area contributed by atoms with Gasteiger partial charge in [0.2, 0.25) is 0 Å². The van der Waals surface area contributed by atoms with Gasteiger partial charge < -0.3 is 19.7 Å². The quantitative estimate of drug-likeness (QED) is 0.299. The van der Waals surface area contributed by atoms with Crippen LogP contribution in [0.1, 0.15) is 11.1 Å². The number of hydrogen-bond acceptors (Lipinski definition) is 6. The summed E-state index contributed by atoms with van der Waals surface area (Å²) in [5, 5.41) is 2.86. The number of aryl methyl sites for hydroxylation is 1. The van der Waals surface area contributed by atoms with E-state index in [1.165, 1.54) is 35.2 Å². The third-order valence-electron chi connectivity index (χ3n) is 6.58. The van der Waals surface area contributed by atoms with Crippen molar-refractivity contribution in [3.63, 3.8) is 0 Å². The Labute approximate surface area is 242 Å². The number of carbonyl (C=O) groups is 2. The summed E-state index contributed by atoms with van der Waals surface area (Å²) in [4.78, 5) is 27.7. The molecule has 1 aliphatic heterocycles. The molecule has 0 spiro atoms. The van der Waals surface area contributed by atoms with Crippen molar-refractivity contribution in [2.24, 2.45) is 0 Å². The Balaban J connectivity index is 1.24. The minimum Gasteiger partial charge on any atom is -0.483 e. The van der Waals surface area contributed by atoms with Crippen molar-refractivity contribution in [2.45, 2.75) is 24.5 Å². The number of anilines is 2. The fraction of sp³-hybridized carbons (Fsp3) is 0.161. The lowest BCUT2D eigenvalue weighted by Crippen LogP contribution is -2.51. The first-order valence-electron chi connectivity index (χ1n) is 13.1. The number of ether oxygens (including phenoxy) is 2. The molecule has 216 valence electrons. The molecule has 9 nitrogen and oxygen atoms in total. The van der Waals surface area contributed by atoms with Crippen LogP contribution in [0.2, 0.25) is 0 Å². The number of carbonyl (C=O) groups excluding carboxylic acids is 2. The van der Waals surface area contributed by atoms with Crippen LogP contribution in [-0.4, -0.2) is 39.5 Å². The van der Waals surface area contributed by atoms with E-state index in [4.69, 9.17) is 9.47 Å². The van der Waals surface area contributed by atoms with E-state index in [9.17, 15) is 22.4 Å². The molecule has 1 heterocycles. The molecule has 1 aliphatic rings. The van der Waals surface area contributed by atoms with Gasteiger partial charge in [-0.05, 0) is 72.6 Å². The van der Waals surface area contributed by atoms with E-state index in [2.05, 4.69) is 10.0 Å². The van der Waals surface area contributed by atoms with E-state index in [1.54, 1.807) is 31.2 Å². The van der Waals surface area contributed by atoms with Crippen LogP contribution in [-0.2, 0) is 26.2 Å². The molecule has 0 saturated carbocycles. The second-order valence-electron chi connectivity index (χ2n) is 9.61. The Bertz CT molecular complexity index is 1700. The number of halogens is 1. The summed E-state index contributed by atoms with van der Waals surface area (Å²) in [6, 6.07) is 25.6. The molecule has 0 radical (unpaired) electrons. The van der Waals surface area contributed by atoms with Crippen LogP contribution >= 0.6 is 0 Å². The van der Waals surface area contributed by atoms with E-state index >= 15 is 0 Å². The monoisotopic (exact) mass is 589 g/mol. The Morgan fingerprint density at radius 3 is 2.43 bits per heavy atom. The molecule has 1 atom stereocenters. The first-order chi connectivity index (χ1) is 20.2. The van der Waals surface area contributed by atoms with Crippen LogP contribution in [0, 0.1) is 12.7 Å². The summed E-state index contributed by atoms with van der Waals surface area (Å²) >= 11 is 0. The molecular formula is C31H28FN3O6S. The maximum Gasteiger partial charge on any atom is 0.265 e. The summed E-state index contributed by atoms with van der Waals surface area (Å²) < 4.78 is 52.9. The average molecular weight is 590 g/mol.